The molecule has 0 radical (unpaired) electrons. The van der Waals surface area contributed by atoms with Gasteiger partial charge in [-0.1, -0.05) is 18.2 Å². The Morgan fingerprint density at radius 3 is 2.95 bits per heavy atom. The molecule has 2 heterocycles. The summed E-state index contributed by atoms with van der Waals surface area (Å²) in [6, 6.07) is 10.7. The summed E-state index contributed by atoms with van der Waals surface area (Å²) in [6.45, 7) is 6.00. The van der Waals surface area contributed by atoms with Crippen LogP contribution in [0.1, 0.15) is 31.1 Å². The number of aryl methyl sites for hydroxylation is 1. The molecule has 1 atom stereocenters. The maximum Gasteiger partial charge on any atom is 0.0791 e. The fraction of sp³-hybridized carbons (Fsp3) is 0.312. The van der Waals surface area contributed by atoms with Crippen LogP contribution in [-0.4, -0.2) is 14.8 Å². The van der Waals surface area contributed by atoms with Gasteiger partial charge in [-0.25, -0.2) is 0 Å². The van der Waals surface area contributed by atoms with Crippen LogP contribution >= 0.6 is 0 Å². The number of benzene rings is 1. The number of hydrogen-bond donors (Lipinski definition) is 2. The van der Waals surface area contributed by atoms with Crippen molar-refractivity contribution in [3.63, 3.8) is 0 Å². The van der Waals surface area contributed by atoms with Crippen molar-refractivity contribution in [3.05, 3.63) is 54.0 Å². The van der Waals surface area contributed by atoms with Crippen LogP contribution in [0.3, 0.4) is 0 Å². The number of nitrogens with one attached hydrogen (secondary N) is 2. The third-order valence-electron chi connectivity index (χ3n) is 3.70. The second-order valence-electron chi connectivity index (χ2n) is 5.06. The van der Waals surface area contributed by atoms with Gasteiger partial charge in [-0.3, -0.25) is 4.68 Å². The number of nitrogens with zero attached hydrogens (tertiary/aromatic N) is 2. The predicted molar refractivity (Wildman–Crippen MR) is 81.5 cm³/mol. The zero-order valence-corrected chi connectivity index (χ0v) is 11.9. The number of para-hydroxylation sites is 1. The molecule has 20 heavy (non-hydrogen) atoms. The molecular weight excluding hydrogens is 248 g/mol. The highest BCUT2D eigenvalue weighted by Crippen LogP contribution is 2.18. The molecule has 3 rings (SSSR count). The third-order valence-corrected chi connectivity index (χ3v) is 3.70. The Morgan fingerprint density at radius 2 is 2.15 bits per heavy atom. The lowest BCUT2D eigenvalue weighted by atomic mass is 10.1. The first-order valence-electron chi connectivity index (χ1n) is 7.09. The molecule has 0 amide bonds. The fourth-order valence-corrected chi connectivity index (χ4v) is 2.43. The van der Waals surface area contributed by atoms with E-state index in [0.29, 0.717) is 0 Å². The van der Waals surface area contributed by atoms with Gasteiger partial charge in [-0.2, -0.15) is 5.10 Å². The Kier molecular flexibility index (Phi) is 3.56. The van der Waals surface area contributed by atoms with Gasteiger partial charge in [-0.15, -0.1) is 0 Å². The van der Waals surface area contributed by atoms with Gasteiger partial charge in [0.05, 0.1) is 5.69 Å². The minimum Gasteiger partial charge on any atom is -0.361 e. The SMILES string of the molecule is CCn1ccc(C(C)NCc2c[nH]c3ccccc23)n1. The molecule has 0 saturated carbocycles. The van der Waals surface area contributed by atoms with E-state index in [1.165, 1.54) is 16.5 Å². The Bertz CT molecular complexity index is 695. The molecule has 4 nitrogen and oxygen atoms in total. The molecule has 0 aliphatic heterocycles. The average molecular weight is 268 g/mol. The molecule has 0 fully saturated rings. The van der Waals surface area contributed by atoms with Crippen molar-refractivity contribution in [1.29, 1.82) is 0 Å². The lowest BCUT2D eigenvalue weighted by molar-refractivity contribution is 0.544. The summed E-state index contributed by atoms with van der Waals surface area (Å²) in [5, 5.41) is 9.36. The van der Waals surface area contributed by atoms with Crippen LogP contribution in [0.2, 0.25) is 0 Å². The average Bonchev–Trinajstić information content (AvgIpc) is 3.11. The second-order valence-corrected chi connectivity index (χ2v) is 5.06. The molecule has 104 valence electrons. The van der Waals surface area contributed by atoms with Crippen LogP contribution in [0.15, 0.2) is 42.7 Å². The highest BCUT2D eigenvalue weighted by Gasteiger charge is 2.09. The van der Waals surface area contributed by atoms with Crippen molar-refractivity contribution >= 4 is 10.9 Å². The summed E-state index contributed by atoms with van der Waals surface area (Å²) >= 11 is 0. The van der Waals surface area contributed by atoms with Gasteiger partial charge in [0, 0.05) is 42.4 Å². The van der Waals surface area contributed by atoms with Crippen LogP contribution in [0.4, 0.5) is 0 Å². The Morgan fingerprint density at radius 1 is 1.30 bits per heavy atom. The van der Waals surface area contributed by atoms with Crippen molar-refractivity contribution in [1.82, 2.24) is 20.1 Å². The molecular formula is C16H20N4. The monoisotopic (exact) mass is 268 g/mol. The van der Waals surface area contributed by atoms with Crippen LogP contribution in [0, 0.1) is 0 Å². The summed E-state index contributed by atoms with van der Waals surface area (Å²) in [5.74, 6) is 0. The molecule has 1 unspecified atom stereocenters. The van der Waals surface area contributed by atoms with Gasteiger partial charge in [0.1, 0.15) is 0 Å². The highest BCUT2D eigenvalue weighted by atomic mass is 15.3. The molecule has 3 aromatic rings. The van der Waals surface area contributed by atoms with E-state index in [0.717, 1.165) is 18.8 Å². The molecule has 4 heteroatoms. The number of hydrogen-bond acceptors (Lipinski definition) is 2. The second kappa shape index (κ2) is 5.51. The molecule has 0 aliphatic rings. The van der Waals surface area contributed by atoms with E-state index in [9.17, 15) is 0 Å². The minimum absolute atomic E-state index is 0.247. The number of aromatic amines is 1. The number of fused-ring (bicyclic) bond motifs is 1. The van der Waals surface area contributed by atoms with Gasteiger partial charge in [0.15, 0.2) is 0 Å². The van der Waals surface area contributed by atoms with Gasteiger partial charge in [-0.05, 0) is 31.5 Å². The van der Waals surface area contributed by atoms with E-state index in [4.69, 9.17) is 0 Å². The Labute approximate surface area is 118 Å². The molecule has 0 bridgehead atoms. The molecule has 2 N–H and O–H groups in total. The van der Waals surface area contributed by atoms with Crippen LogP contribution < -0.4 is 5.32 Å². The van der Waals surface area contributed by atoms with Crippen molar-refractivity contribution in [2.24, 2.45) is 0 Å². The quantitative estimate of drug-likeness (QED) is 0.746. The number of H-pyrrole nitrogens is 1. The van der Waals surface area contributed by atoms with Crippen LogP contribution in [-0.2, 0) is 13.1 Å². The van der Waals surface area contributed by atoms with Crippen molar-refractivity contribution < 1.29 is 0 Å². The molecule has 0 aliphatic carbocycles. The maximum absolute atomic E-state index is 4.54. The number of rotatable bonds is 5. The molecule has 2 aromatic heterocycles. The lowest BCUT2D eigenvalue weighted by Crippen LogP contribution is -2.18. The fourth-order valence-electron chi connectivity index (χ4n) is 2.43. The molecule has 1 aromatic carbocycles. The Hall–Kier alpha value is -2.07. The van der Waals surface area contributed by atoms with Crippen LogP contribution in [0.25, 0.3) is 10.9 Å². The predicted octanol–water partition coefficient (Wildman–Crippen LogP) is 3.24. The first-order chi connectivity index (χ1) is 9.78. The van der Waals surface area contributed by atoms with Gasteiger partial charge in [0.25, 0.3) is 0 Å². The van der Waals surface area contributed by atoms with E-state index in [1.54, 1.807) is 0 Å². The first-order valence-corrected chi connectivity index (χ1v) is 7.09. The Balaban J connectivity index is 1.69. The van der Waals surface area contributed by atoms with Crippen LogP contribution in [0.5, 0.6) is 0 Å². The summed E-state index contributed by atoms with van der Waals surface area (Å²) in [4.78, 5) is 3.31. The van der Waals surface area contributed by atoms with Crippen molar-refractivity contribution in [2.45, 2.75) is 33.0 Å². The lowest BCUT2D eigenvalue weighted by Gasteiger charge is -2.11. The minimum atomic E-state index is 0.247. The largest absolute Gasteiger partial charge is 0.361 e. The highest BCUT2D eigenvalue weighted by molar-refractivity contribution is 5.82. The van der Waals surface area contributed by atoms with E-state index in [2.05, 4.69) is 65.8 Å². The van der Waals surface area contributed by atoms with Gasteiger partial charge in [0.2, 0.25) is 0 Å². The maximum atomic E-state index is 4.54. The topological polar surface area (TPSA) is 45.6 Å². The van der Waals surface area contributed by atoms with E-state index < -0.39 is 0 Å². The van der Waals surface area contributed by atoms with E-state index in [-0.39, 0.29) is 6.04 Å². The summed E-state index contributed by atoms with van der Waals surface area (Å²) in [6.07, 6.45) is 4.11. The third kappa shape index (κ3) is 2.47. The zero-order valence-electron chi connectivity index (χ0n) is 11.9. The smallest absolute Gasteiger partial charge is 0.0791 e. The normalized spacial score (nSPS) is 12.9. The first kappa shape index (κ1) is 12.9. The van der Waals surface area contributed by atoms with Crippen molar-refractivity contribution in [2.75, 3.05) is 0 Å². The van der Waals surface area contributed by atoms with Gasteiger partial charge >= 0.3 is 0 Å². The molecule has 0 spiro atoms. The summed E-state index contributed by atoms with van der Waals surface area (Å²) < 4.78 is 1.96. The standard InChI is InChI=1S/C16H20N4/c1-3-20-9-8-15(19-20)12(2)17-10-13-11-18-16-7-5-4-6-14(13)16/h4-9,11-12,17-18H,3,10H2,1-2H3. The van der Waals surface area contributed by atoms with E-state index in [1.807, 2.05) is 10.9 Å². The summed E-state index contributed by atoms with van der Waals surface area (Å²) in [5.41, 5.74) is 3.57. The van der Waals surface area contributed by atoms with E-state index >= 15 is 0 Å². The number of aromatic nitrogens is 3. The van der Waals surface area contributed by atoms with Gasteiger partial charge < -0.3 is 10.3 Å². The molecule has 0 saturated heterocycles. The summed E-state index contributed by atoms with van der Waals surface area (Å²) in [7, 11) is 0. The zero-order chi connectivity index (χ0) is 13.9. The van der Waals surface area contributed by atoms with Crippen molar-refractivity contribution in [3.8, 4) is 0 Å².